The van der Waals surface area contributed by atoms with E-state index in [4.69, 9.17) is 5.11 Å². The van der Waals surface area contributed by atoms with Crippen molar-refractivity contribution in [2.75, 3.05) is 0 Å². The molecule has 0 spiro atoms. The number of nitrogens with zero attached hydrogens (tertiary/aromatic N) is 1. The molecule has 2 rings (SSSR count). The molecule has 1 aromatic rings. The van der Waals surface area contributed by atoms with Crippen LogP contribution in [-0.4, -0.2) is 46.2 Å². The van der Waals surface area contributed by atoms with Crippen LogP contribution in [0.3, 0.4) is 0 Å². The topological polar surface area (TPSA) is 141 Å². The Hall–Kier alpha value is -2.46. The summed E-state index contributed by atoms with van der Waals surface area (Å²) in [6.45, 7) is 0. The number of imide groups is 1. The van der Waals surface area contributed by atoms with E-state index in [-0.39, 0.29) is 23.7 Å². The Bertz CT molecular complexity index is 740. The van der Waals surface area contributed by atoms with E-state index in [0.29, 0.717) is 5.56 Å². The van der Waals surface area contributed by atoms with E-state index >= 15 is 0 Å². The number of hydrogen-bond donors (Lipinski definition) is 1. The van der Waals surface area contributed by atoms with Gasteiger partial charge in [-0.2, -0.15) is 0 Å². The summed E-state index contributed by atoms with van der Waals surface area (Å²) < 4.78 is 32.5. The van der Waals surface area contributed by atoms with Crippen molar-refractivity contribution in [1.82, 2.24) is 5.06 Å². The molecule has 1 aliphatic heterocycles. The van der Waals surface area contributed by atoms with E-state index in [1.165, 1.54) is 12.1 Å². The Balaban J connectivity index is 1.93. The maximum absolute atomic E-state index is 11.6. The minimum absolute atomic E-state index is 0.0271. The van der Waals surface area contributed by atoms with Crippen LogP contribution in [0.1, 0.15) is 18.4 Å². The van der Waals surface area contributed by atoms with Gasteiger partial charge in [-0.15, -0.1) is 5.06 Å². The summed E-state index contributed by atoms with van der Waals surface area (Å²) in [4.78, 5) is 39.3. The summed E-state index contributed by atoms with van der Waals surface area (Å²) in [7, 11) is -4.99. The molecule has 1 fully saturated rings. The molecule has 0 saturated carbocycles. The minimum Gasteiger partial charge on any atom is -0.747 e. The quantitative estimate of drug-likeness (QED) is 0.555. The predicted octanol–water partition coefficient (Wildman–Crippen LogP) is -0.544. The fourth-order valence-corrected chi connectivity index (χ4v) is 2.65. The van der Waals surface area contributed by atoms with E-state index in [1.807, 2.05) is 0 Å². The van der Waals surface area contributed by atoms with Crippen molar-refractivity contribution in [1.29, 1.82) is 0 Å². The Kier molecular flexibility index (Phi) is 4.66. The van der Waals surface area contributed by atoms with Crippen LogP contribution in [0.2, 0.25) is 0 Å². The number of hydroxylamine groups is 2. The monoisotopic (exact) mass is 342 g/mol. The lowest BCUT2D eigenvalue weighted by atomic mass is 10.1. The summed E-state index contributed by atoms with van der Waals surface area (Å²) in [5.74, 6) is -3.28. The number of aromatic hydroxyl groups is 1. The average molecular weight is 342 g/mol. The Morgan fingerprint density at radius 2 is 1.91 bits per heavy atom. The third-order valence-electron chi connectivity index (χ3n) is 3.16. The number of benzene rings is 1. The zero-order valence-electron chi connectivity index (χ0n) is 11.7. The van der Waals surface area contributed by atoms with Gasteiger partial charge in [0.15, 0.2) is 0 Å². The van der Waals surface area contributed by atoms with Gasteiger partial charge in [0.05, 0.1) is 12.8 Å². The van der Waals surface area contributed by atoms with Gasteiger partial charge in [-0.05, 0) is 24.1 Å². The largest absolute Gasteiger partial charge is 0.747 e. The fraction of sp³-hybridized carbons (Fsp3) is 0.308. The molecule has 1 atom stereocenters. The van der Waals surface area contributed by atoms with Gasteiger partial charge in [0.1, 0.15) is 21.1 Å². The van der Waals surface area contributed by atoms with Crippen LogP contribution in [0.25, 0.3) is 0 Å². The van der Waals surface area contributed by atoms with Crippen molar-refractivity contribution >= 4 is 27.9 Å². The molecule has 1 aliphatic rings. The first-order valence-electron chi connectivity index (χ1n) is 6.48. The molecule has 0 bridgehead atoms. The van der Waals surface area contributed by atoms with Gasteiger partial charge in [-0.25, -0.2) is 13.2 Å². The van der Waals surface area contributed by atoms with Crippen LogP contribution in [-0.2, 0) is 35.8 Å². The molecule has 1 aromatic carbocycles. The predicted molar refractivity (Wildman–Crippen MR) is 72.5 cm³/mol. The second-order valence-corrected chi connectivity index (χ2v) is 6.40. The minimum atomic E-state index is -4.99. The number of carbonyl (C=O) groups is 3. The molecule has 1 N–H and O–H groups in total. The maximum Gasteiger partial charge on any atom is 0.333 e. The van der Waals surface area contributed by atoms with Crippen LogP contribution >= 0.6 is 0 Å². The van der Waals surface area contributed by atoms with Gasteiger partial charge in [-0.1, -0.05) is 12.1 Å². The number of hydrogen-bond acceptors (Lipinski definition) is 8. The summed E-state index contributed by atoms with van der Waals surface area (Å²) in [5, 5.41) is 7.10. The number of amides is 2. The highest BCUT2D eigenvalue weighted by Gasteiger charge is 2.45. The van der Waals surface area contributed by atoms with E-state index in [1.54, 1.807) is 12.1 Å². The van der Waals surface area contributed by atoms with Crippen LogP contribution in [0, 0.1) is 0 Å². The van der Waals surface area contributed by atoms with E-state index in [2.05, 4.69) is 4.84 Å². The number of phenols is 1. The first kappa shape index (κ1) is 16.9. The molecule has 23 heavy (non-hydrogen) atoms. The highest BCUT2D eigenvalue weighted by Crippen LogP contribution is 2.20. The van der Waals surface area contributed by atoms with Crippen molar-refractivity contribution in [2.24, 2.45) is 0 Å². The molecule has 124 valence electrons. The normalized spacial score (nSPS) is 18.3. The highest BCUT2D eigenvalue weighted by molar-refractivity contribution is 7.87. The van der Waals surface area contributed by atoms with Gasteiger partial charge < -0.3 is 14.5 Å². The molecule has 0 aliphatic carbocycles. The summed E-state index contributed by atoms with van der Waals surface area (Å²) in [6, 6.07) is 6.01. The maximum atomic E-state index is 11.6. The molecular weight excluding hydrogens is 330 g/mol. The third kappa shape index (κ3) is 4.05. The zero-order chi connectivity index (χ0) is 17.2. The first-order chi connectivity index (χ1) is 10.7. The van der Waals surface area contributed by atoms with Crippen molar-refractivity contribution in [3.63, 3.8) is 0 Å². The Labute approximate surface area is 131 Å². The van der Waals surface area contributed by atoms with Crippen LogP contribution < -0.4 is 0 Å². The molecule has 0 aromatic heterocycles. The average Bonchev–Trinajstić information content (AvgIpc) is 2.75. The van der Waals surface area contributed by atoms with Gasteiger partial charge in [0.25, 0.3) is 11.8 Å². The molecule has 2 amide bonds. The number of carbonyl (C=O) groups excluding carboxylic acids is 3. The van der Waals surface area contributed by atoms with E-state index in [9.17, 15) is 27.4 Å². The lowest BCUT2D eigenvalue weighted by molar-refractivity contribution is -0.197. The lowest BCUT2D eigenvalue weighted by Gasteiger charge is -2.15. The number of phenolic OH excluding ortho intramolecular Hbond substituents is 1. The molecule has 1 unspecified atom stereocenters. The molecular formula is C13H12NO8S-. The fourth-order valence-electron chi connectivity index (χ4n) is 1.96. The van der Waals surface area contributed by atoms with Crippen LogP contribution in [0.15, 0.2) is 24.3 Å². The molecule has 10 heteroatoms. The standard InChI is InChI=1S/C13H13NO8S/c15-9-4-1-8(2-5-9)3-6-12(17)22-14-11(16)7-10(13(14)18)23(19,20)21/h1-2,4-5,10,15H,3,6-7H2,(H,19,20,21)/p-1. The second-order valence-electron chi connectivity index (χ2n) is 4.84. The third-order valence-corrected chi connectivity index (χ3v) is 4.22. The molecule has 0 radical (unpaired) electrons. The molecule has 1 saturated heterocycles. The van der Waals surface area contributed by atoms with Crippen LogP contribution in [0.4, 0.5) is 0 Å². The summed E-state index contributed by atoms with van der Waals surface area (Å²) >= 11 is 0. The molecule has 9 nitrogen and oxygen atoms in total. The number of aryl methyl sites for hydroxylation is 1. The van der Waals surface area contributed by atoms with E-state index < -0.39 is 39.6 Å². The number of rotatable bonds is 5. The SMILES string of the molecule is O=C(CCc1ccc(O)cc1)ON1C(=O)CC(S(=O)(=O)[O-])C1=O. The smallest absolute Gasteiger partial charge is 0.333 e. The Morgan fingerprint density at radius 1 is 1.30 bits per heavy atom. The van der Waals surface area contributed by atoms with Crippen molar-refractivity contribution < 1.29 is 37.3 Å². The van der Waals surface area contributed by atoms with Crippen molar-refractivity contribution in [3.8, 4) is 5.75 Å². The summed E-state index contributed by atoms with van der Waals surface area (Å²) in [5.41, 5.74) is 0.707. The second kappa shape index (κ2) is 6.34. The van der Waals surface area contributed by atoms with Gasteiger partial charge in [-0.3, -0.25) is 9.59 Å². The first-order valence-corrected chi connectivity index (χ1v) is 7.96. The van der Waals surface area contributed by atoms with Gasteiger partial charge in [0.2, 0.25) is 0 Å². The molecule has 1 heterocycles. The summed E-state index contributed by atoms with van der Waals surface area (Å²) in [6.07, 6.45) is -0.800. The Morgan fingerprint density at radius 3 is 2.43 bits per heavy atom. The van der Waals surface area contributed by atoms with Crippen LogP contribution in [0.5, 0.6) is 5.75 Å². The van der Waals surface area contributed by atoms with Crippen molar-refractivity contribution in [2.45, 2.75) is 24.5 Å². The van der Waals surface area contributed by atoms with E-state index in [0.717, 1.165) is 0 Å². The van der Waals surface area contributed by atoms with Crippen molar-refractivity contribution in [3.05, 3.63) is 29.8 Å². The highest BCUT2D eigenvalue weighted by atomic mass is 32.2. The lowest BCUT2D eigenvalue weighted by Crippen LogP contribution is -2.36. The van der Waals surface area contributed by atoms with Gasteiger partial charge in [0, 0.05) is 0 Å². The van der Waals surface area contributed by atoms with Gasteiger partial charge >= 0.3 is 5.97 Å². The zero-order valence-corrected chi connectivity index (χ0v) is 12.5.